The Morgan fingerprint density at radius 2 is 1.83 bits per heavy atom. The predicted molar refractivity (Wildman–Crippen MR) is 115 cm³/mol. The molecule has 1 unspecified atom stereocenters. The van der Waals surface area contributed by atoms with Crippen molar-refractivity contribution in [3.63, 3.8) is 0 Å². The molecule has 0 aliphatic rings. The highest BCUT2D eigenvalue weighted by atomic mass is 32.1. The van der Waals surface area contributed by atoms with Gasteiger partial charge in [-0.25, -0.2) is 0 Å². The molecule has 4 aromatic rings. The van der Waals surface area contributed by atoms with Gasteiger partial charge in [0.15, 0.2) is 0 Å². The Balaban J connectivity index is 2.07. The first-order valence-electron chi connectivity index (χ1n) is 8.86. The smallest absolute Gasteiger partial charge is 0.354 e. The van der Waals surface area contributed by atoms with Gasteiger partial charge in [0.05, 0.1) is 23.0 Å². The Morgan fingerprint density at radius 3 is 2.48 bits per heavy atom. The largest absolute Gasteiger partial charge is 0.390 e. The highest BCUT2D eigenvalue weighted by molar-refractivity contribution is 7.78. The number of halogens is 3. The number of fused-ring (bicyclic) bond motifs is 1. The van der Waals surface area contributed by atoms with Gasteiger partial charge in [-0.1, -0.05) is 42.5 Å². The fraction of sp³-hybridized carbons (Fsp3) is 0.136. The van der Waals surface area contributed by atoms with Crippen LogP contribution < -0.4 is 0 Å². The summed E-state index contributed by atoms with van der Waals surface area (Å²) in [5.41, 5.74) is 3.29. The maximum atomic E-state index is 13.6. The summed E-state index contributed by atoms with van der Waals surface area (Å²) in [4.78, 5) is 8.11. The van der Waals surface area contributed by atoms with Crippen molar-refractivity contribution in [1.82, 2.24) is 4.98 Å². The van der Waals surface area contributed by atoms with Crippen LogP contribution in [-0.2, 0) is 0 Å². The molecule has 0 saturated heterocycles. The van der Waals surface area contributed by atoms with Gasteiger partial charge in [0.2, 0.25) is 0 Å². The number of hydrogen-bond donors (Lipinski definition) is 1. The van der Waals surface area contributed by atoms with Crippen molar-refractivity contribution in [2.24, 2.45) is 4.99 Å². The van der Waals surface area contributed by atoms with Gasteiger partial charge < -0.3 is 4.98 Å². The maximum Gasteiger partial charge on any atom is 0.390 e. The minimum Gasteiger partial charge on any atom is -0.354 e. The van der Waals surface area contributed by atoms with Gasteiger partial charge in [0, 0.05) is 21.7 Å². The molecule has 0 bridgehead atoms. The van der Waals surface area contributed by atoms with Crippen LogP contribution in [0.3, 0.4) is 0 Å². The molecular weight excluding hydrogens is 413 g/mol. The molecule has 1 N–H and O–H groups in total. The number of thiophene rings is 1. The third-order valence-corrected chi connectivity index (χ3v) is 5.82. The SMILES string of the molecule is FC(F)(F)CC(c1cccs1)c1c(-c2ccccc2)[nH]c2cccc(N=C=S)c12. The average Bonchev–Trinajstić information content (AvgIpc) is 3.35. The summed E-state index contributed by atoms with van der Waals surface area (Å²) in [6.07, 6.45) is -5.29. The number of hydrogen-bond acceptors (Lipinski definition) is 3. The topological polar surface area (TPSA) is 28.1 Å². The number of isothiocyanates is 1. The van der Waals surface area contributed by atoms with E-state index in [2.05, 4.69) is 15.1 Å². The number of aromatic amines is 1. The summed E-state index contributed by atoms with van der Waals surface area (Å²) in [7, 11) is 0. The molecule has 2 aromatic carbocycles. The second kappa shape index (κ2) is 7.95. The van der Waals surface area contributed by atoms with E-state index in [1.165, 1.54) is 11.3 Å². The highest BCUT2D eigenvalue weighted by Gasteiger charge is 2.36. The van der Waals surface area contributed by atoms with Crippen LogP contribution in [0.1, 0.15) is 22.8 Å². The van der Waals surface area contributed by atoms with Crippen molar-refractivity contribution in [1.29, 1.82) is 0 Å². The molecule has 0 amide bonds. The molecule has 1 atom stereocenters. The van der Waals surface area contributed by atoms with Crippen molar-refractivity contribution in [2.45, 2.75) is 18.5 Å². The molecular formula is C22H15F3N2S2. The zero-order chi connectivity index (χ0) is 20.4. The van der Waals surface area contributed by atoms with Gasteiger partial charge in [-0.15, -0.1) is 11.3 Å². The molecule has 2 aromatic heterocycles. The number of rotatable bonds is 5. The molecule has 0 fully saturated rings. The third-order valence-electron chi connectivity index (χ3n) is 4.74. The lowest BCUT2D eigenvalue weighted by Crippen LogP contribution is -2.14. The molecule has 7 heteroatoms. The van der Waals surface area contributed by atoms with Crippen molar-refractivity contribution in [3.05, 3.63) is 76.5 Å². The fourth-order valence-electron chi connectivity index (χ4n) is 3.64. The average molecular weight is 429 g/mol. The first-order chi connectivity index (χ1) is 14.0. The Bertz CT molecular complexity index is 1170. The summed E-state index contributed by atoms with van der Waals surface area (Å²) in [5, 5.41) is 4.79. The molecule has 2 heterocycles. The number of nitrogens with one attached hydrogen (secondary N) is 1. The van der Waals surface area contributed by atoms with Gasteiger partial charge in [-0.05, 0) is 46.9 Å². The van der Waals surface area contributed by atoms with E-state index in [-0.39, 0.29) is 0 Å². The van der Waals surface area contributed by atoms with Crippen LogP contribution in [-0.4, -0.2) is 16.3 Å². The van der Waals surface area contributed by atoms with E-state index in [0.29, 0.717) is 32.7 Å². The van der Waals surface area contributed by atoms with Crippen LogP contribution >= 0.6 is 23.6 Å². The maximum absolute atomic E-state index is 13.6. The van der Waals surface area contributed by atoms with E-state index in [0.717, 1.165) is 5.56 Å². The van der Waals surface area contributed by atoms with Crippen molar-refractivity contribution < 1.29 is 13.2 Å². The molecule has 0 saturated carbocycles. The minimum absolute atomic E-state index is 0.509. The quantitative estimate of drug-likeness (QED) is 0.256. The lowest BCUT2D eigenvalue weighted by molar-refractivity contribution is -0.136. The van der Waals surface area contributed by atoms with Crippen LogP contribution in [0.5, 0.6) is 0 Å². The number of H-pyrrole nitrogens is 1. The number of benzene rings is 2. The van der Waals surface area contributed by atoms with Crippen LogP contribution in [0.2, 0.25) is 0 Å². The highest BCUT2D eigenvalue weighted by Crippen LogP contribution is 2.47. The Hall–Kier alpha value is -2.73. The van der Waals surface area contributed by atoms with Crippen molar-refractivity contribution in [3.8, 4) is 11.3 Å². The van der Waals surface area contributed by atoms with Gasteiger partial charge in [-0.3, -0.25) is 0 Å². The molecule has 146 valence electrons. The lowest BCUT2D eigenvalue weighted by Gasteiger charge is -2.20. The predicted octanol–water partition coefficient (Wildman–Crippen LogP) is 7.72. The van der Waals surface area contributed by atoms with Crippen LogP contribution in [0, 0.1) is 0 Å². The molecule has 2 nitrogen and oxygen atoms in total. The second-order valence-electron chi connectivity index (χ2n) is 6.57. The van der Waals surface area contributed by atoms with Crippen LogP contribution in [0.15, 0.2) is 71.0 Å². The molecule has 29 heavy (non-hydrogen) atoms. The Kier molecular flexibility index (Phi) is 5.37. The first kappa shape index (κ1) is 19.6. The number of thiocarbonyl (C=S) groups is 1. The number of nitrogens with zero attached hydrogens (tertiary/aromatic N) is 1. The van der Waals surface area contributed by atoms with Crippen molar-refractivity contribution in [2.75, 3.05) is 0 Å². The summed E-state index contributed by atoms with van der Waals surface area (Å²) in [6, 6.07) is 18.3. The Labute approximate surface area is 174 Å². The van der Waals surface area contributed by atoms with E-state index in [9.17, 15) is 13.2 Å². The number of aliphatic imine (C=N–C) groups is 1. The fourth-order valence-corrected chi connectivity index (χ4v) is 4.58. The van der Waals surface area contributed by atoms with Gasteiger partial charge in [-0.2, -0.15) is 18.2 Å². The zero-order valence-corrected chi connectivity index (χ0v) is 16.7. The second-order valence-corrected chi connectivity index (χ2v) is 7.73. The Morgan fingerprint density at radius 1 is 1.03 bits per heavy atom. The van der Waals surface area contributed by atoms with Crippen molar-refractivity contribution >= 4 is 45.3 Å². The summed E-state index contributed by atoms with van der Waals surface area (Å²) in [5.74, 6) is -0.861. The molecule has 4 rings (SSSR count). The summed E-state index contributed by atoms with van der Waals surface area (Å²) in [6.45, 7) is 0. The molecule has 0 aliphatic heterocycles. The van der Waals surface area contributed by atoms with E-state index < -0.39 is 18.5 Å². The monoisotopic (exact) mass is 428 g/mol. The molecule has 0 spiro atoms. The van der Waals surface area contributed by atoms with E-state index in [1.54, 1.807) is 29.6 Å². The standard InChI is InChI=1S/C22H15F3N2S2/c23-22(24,25)12-15(18-10-5-11-29-18)19-20-16(26-13-28)8-4-9-17(20)27-21(19)14-6-2-1-3-7-14/h1-11,15,27H,12H2. The van der Waals surface area contributed by atoms with E-state index >= 15 is 0 Å². The molecule has 0 aliphatic carbocycles. The number of aromatic nitrogens is 1. The van der Waals surface area contributed by atoms with Gasteiger partial charge >= 0.3 is 6.18 Å². The van der Waals surface area contributed by atoms with Gasteiger partial charge in [0.25, 0.3) is 0 Å². The summed E-state index contributed by atoms with van der Waals surface area (Å²) >= 11 is 6.09. The van der Waals surface area contributed by atoms with Gasteiger partial charge in [0.1, 0.15) is 0 Å². The van der Waals surface area contributed by atoms with E-state index in [4.69, 9.17) is 12.2 Å². The zero-order valence-electron chi connectivity index (χ0n) is 15.0. The van der Waals surface area contributed by atoms with E-state index in [1.807, 2.05) is 36.4 Å². The summed E-state index contributed by atoms with van der Waals surface area (Å²) < 4.78 is 40.8. The minimum atomic E-state index is -4.32. The number of alkyl halides is 3. The van der Waals surface area contributed by atoms with Crippen LogP contribution in [0.25, 0.3) is 22.2 Å². The normalized spacial score (nSPS) is 12.7. The van der Waals surface area contributed by atoms with Crippen LogP contribution in [0.4, 0.5) is 18.9 Å². The first-order valence-corrected chi connectivity index (χ1v) is 10.1. The molecule has 0 radical (unpaired) electrons. The lowest BCUT2D eigenvalue weighted by atomic mass is 9.89. The third kappa shape index (κ3) is 4.03.